The number of aromatic nitrogens is 2. The molecule has 0 spiro atoms. The van der Waals surface area contributed by atoms with E-state index in [4.69, 9.17) is 8.94 Å². The predicted molar refractivity (Wildman–Crippen MR) is 85.8 cm³/mol. The Hall–Kier alpha value is -3.49. The van der Waals surface area contributed by atoms with Gasteiger partial charge in [0, 0.05) is 12.1 Å². The number of benzene rings is 1. The molecule has 0 saturated carbocycles. The number of carbonyl (C=O) groups is 1. The lowest BCUT2D eigenvalue weighted by Gasteiger charge is -2.07. The highest BCUT2D eigenvalue weighted by molar-refractivity contribution is 5.91. The van der Waals surface area contributed by atoms with Crippen LogP contribution >= 0.6 is 0 Å². The molecule has 0 aliphatic rings. The van der Waals surface area contributed by atoms with Gasteiger partial charge < -0.3 is 14.3 Å². The lowest BCUT2D eigenvalue weighted by atomic mass is 10.1. The summed E-state index contributed by atoms with van der Waals surface area (Å²) in [7, 11) is 0. The van der Waals surface area contributed by atoms with Crippen molar-refractivity contribution in [1.82, 2.24) is 15.5 Å². The van der Waals surface area contributed by atoms with Crippen LogP contribution in [0.15, 0.2) is 51.4 Å². The smallest absolute Gasteiger partial charge is 0.395 e. The molecule has 3 rings (SSSR count). The van der Waals surface area contributed by atoms with Gasteiger partial charge in [0.1, 0.15) is 4.92 Å². The fourth-order valence-electron chi connectivity index (χ4n) is 2.11. The molecule has 1 atom stereocenters. The summed E-state index contributed by atoms with van der Waals surface area (Å²) in [4.78, 5) is 26.1. The quantitative estimate of drug-likeness (QED) is 0.539. The van der Waals surface area contributed by atoms with E-state index in [1.54, 1.807) is 0 Å². The van der Waals surface area contributed by atoms with Crippen LogP contribution in [0.5, 0.6) is 0 Å². The minimum atomic E-state index is -0.705. The summed E-state index contributed by atoms with van der Waals surface area (Å²) in [6.07, 6.45) is 0. The first-order valence-electron chi connectivity index (χ1n) is 7.46. The Morgan fingerprint density at radius 1 is 1.28 bits per heavy atom. The molecule has 1 unspecified atom stereocenters. The van der Waals surface area contributed by atoms with Crippen LogP contribution in [0.25, 0.3) is 11.4 Å². The maximum Gasteiger partial charge on any atom is 0.433 e. The minimum Gasteiger partial charge on any atom is -0.395 e. The predicted octanol–water partition coefficient (Wildman–Crippen LogP) is 2.77. The van der Waals surface area contributed by atoms with Crippen molar-refractivity contribution < 1.29 is 18.7 Å². The van der Waals surface area contributed by atoms with Crippen molar-refractivity contribution in [3.63, 3.8) is 0 Å². The number of rotatable bonds is 6. The van der Waals surface area contributed by atoms with Gasteiger partial charge in [-0.05, 0) is 6.07 Å². The van der Waals surface area contributed by atoms with E-state index in [-0.39, 0.29) is 18.2 Å². The van der Waals surface area contributed by atoms with E-state index < -0.39 is 16.7 Å². The molecule has 9 heteroatoms. The molecule has 2 aromatic heterocycles. The lowest BCUT2D eigenvalue weighted by Crippen LogP contribution is -2.27. The van der Waals surface area contributed by atoms with Crippen molar-refractivity contribution >= 4 is 11.8 Å². The van der Waals surface area contributed by atoms with Crippen LogP contribution in [0.3, 0.4) is 0 Å². The van der Waals surface area contributed by atoms with Crippen molar-refractivity contribution in [2.75, 3.05) is 6.54 Å². The van der Waals surface area contributed by atoms with Gasteiger partial charge >= 0.3 is 5.88 Å². The Labute approximate surface area is 141 Å². The Bertz CT molecular complexity index is 887. The summed E-state index contributed by atoms with van der Waals surface area (Å²) in [5, 5.41) is 17.1. The van der Waals surface area contributed by atoms with E-state index >= 15 is 0 Å². The SMILES string of the molecule is CC(CNC(=O)c1ccc([N+](=O)[O-])o1)c1nc(-c2ccccc2)no1. The number of nitro groups is 1. The summed E-state index contributed by atoms with van der Waals surface area (Å²) in [6.45, 7) is 2.02. The third-order valence-corrected chi connectivity index (χ3v) is 3.46. The van der Waals surface area contributed by atoms with Gasteiger partial charge in [0.25, 0.3) is 5.91 Å². The van der Waals surface area contributed by atoms with Gasteiger partial charge in [0.05, 0.1) is 12.0 Å². The first kappa shape index (κ1) is 16.4. The van der Waals surface area contributed by atoms with E-state index in [0.717, 1.165) is 11.6 Å². The molecule has 9 nitrogen and oxygen atoms in total. The number of nitrogens with zero attached hydrogens (tertiary/aromatic N) is 3. The Kier molecular flexibility index (Phi) is 4.55. The molecule has 0 aliphatic carbocycles. The zero-order chi connectivity index (χ0) is 17.8. The largest absolute Gasteiger partial charge is 0.433 e. The van der Waals surface area contributed by atoms with Crippen molar-refractivity contribution in [2.24, 2.45) is 0 Å². The molecule has 1 amide bonds. The van der Waals surface area contributed by atoms with Crippen molar-refractivity contribution in [3.05, 3.63) is 64.2 Å². The maximum absolute atomic E-state index is 11.9. The minimum absolute atomic E-state index is 0.130. The monoisotopic (exact) mass is 342 g/mol. The molecule has 25 heavy (non-hydrogen) atoms. The van der Waals surface area contributed by atoms with Crippen LogP contribution in [-0.2, 0) is 0 Å². The zero-order valence-corrected chi connectivity index (χ0v) is 13.2. The van der Waals surface area contributed by atoms with Crippen LogP contribution in [0.1, 0.15) is 29.3 Å². The fraction of sp³-hybridized carbons (Fsp3) is 0.188. The highest BCUT2D eigenvalue weighted by Gasteiger charge is 2.20. The summed E-state index contributed by atoms with van der Waals surface area (Å²) in [5.41, 5.74) is 0.830. The summed E-state index contributed by atoms with van der Waals surface area (Å²) in [5.74, 6) is -0.557. The van der Waals surface area contributed by atoms with E-state index in [1.165, 1.54) is 6.07 Å². The van der Waals surface area contributed by atoms with Gasteiger partial charge in [-0.25, -0.2) is 0 Å². The summed E-state index contributed by atoms with van der Waals surface area (Å²) in [6, 6.07) is 11.7. The Morgan fingerprint density at radius 2 is 2.04 bits per heavy atom. The topological polar surface area (TPSA) is 124 Å². The molecular formula is C16H14N4O5. The third-order valence-electron chi connectivity index (χ3n) is 3.46. The Morgan fingerprint density at radius 3 is 2.72 bits per heavy atom. The Balaban J connectivity index is 1.60. The second-order valence-corrected chi connectivity index (χ2v) is 5.33. The van der Waals surface area contributed by atoms with E-state index in [0.29, 0.717) is 11.7 Å². The van der Waals surface area contributed by atoms with Gasteiger partial charge in [-0.15, -0.1) is 0 Å². The molecule has 0 aliphatic heterocycles. The van der Waals surface area contributed by atoms with E-state index in [1.807, 2.05) is 37.3 Å². The van der Waals surface area contributed by atoms with Crippen molar-refractivity contribution in [3.8, 4) is 11.4 Å². The van der Waals surface area contributed by atoms with Crippen LogP contribution in [0.4, 0.5) is 5.88 Å². The van der Waals surface area contributed by atoms with Crippen LogP contribution in [0, 0.1) is 10.1 Å². The van der Waals surface area contributed by atoms with E-state index in [9.17, 15) is 14.9 Å². The maximum atomic E-state index is 11.9. The molecule has 0 saturated heterocycles. The van der Waals surface area contributed by atoms with Gasteiger partial charge in [0.2, 0.25) is 11.7 Å². The second-order valence-electron chi connectivity index (χ2n) is 5.33. The molecule has 1 aromatic carbocycles. The number of hydrogen-bond acceptors (Lipinski definition) is 7. The van der Waals surface area contributed by atoms with Gasteiger partial charge in [-0.1, -0.05) is 42.4 Å². The lowest BCUT2D eigenvalue weighted by molar-refractivity contribution is -0.402. The summed E-state index contributed by atoms with van der Waals surface area (Å²) >= 11 is 0. The third kappa shape index (κ3) is 3.71. The van der Waals surface area contributed by atoms with Crippen molar-refractivity contribution in [2.45, 2.75) is 12.8 Å². The zero-order valence-electron chi connectivity index (χ0n) is 13.2. The second kappa shape index (κ2) is 6.95. The van der Waals surface area contributed by atoms with Crippen molar-refractivity contribution in [1.29, 1.82) is 0 Å². The number of amides is 1. The number of carbonyl (C=O) groups excluding carboxylic acids is 1. The molecular weight excluding hydrogens is 328 g/mol. The molecule has 1 N–H and O–H groups in total. The number of nitrogens with one attached hydrogen (secondary N) is 1. The molecule has 0 bridgehead atoms. The van der Waals surface area contributed by atoms with Crippen LogP contribution in [0.2, 0.25) is 0 Å². The van der Waals surface area contributed by atoms with Crippen LogP contribution < -0.4 is 5.32 Å². The molecule has 0 fully saturated rings. The molecule has 2 heterocycles. The highest BCUT2D eigenvalue weighted by Crippen LogP contribution is 2.19. The van der Waals surface area contributed by atoms with E-state index in [2.05, 4.69) is 15.5 Å². The summed E-state index contributed by atoms with van der Waals surface area (Å²) < 4.78 is 10.1. The number of hydrogen-bond donors (Lipinski definition) is 1. The molecule has 0 radical (unpaired) electrons. The van der Waals surface area contributed by atoms with Gasteiger partial charge in [0.15, 0.2) is 5.76 Å². The van der Waals surface area contributed by atoms with Gasteiger partial charge in [-0.2, -0.15) is 4.98 Å². The highest BCUT2D eigenvalue weighted by atomic mass is 16.6. The van der Waals surface area contributed by atoms with Gasteiger partial charge in [-0.3, -0.25) is 14.9 Å². The first-order chi connectivity index (χ1) is 12.0. The van der Waals surface area contributed by atoms with Crippen LogP contribution in [-0.4, -0.2) is 27.5 Å². The average Bonchev–Trinajstić information content (AvgIpc) is 3.29. The molecule has 3 aromatic rings. The number of furan rings is 1. The fourth-order valence-corrected chi connectivity index (χ4v) is 2.11. The standard InChI is InChI=1S/C16H14N4O5/c1-10(9-17-15(21)12-7-8-13(24-12)20(22)23)16-18-14(19-25-16)11-5-3-2-4-6-11/h2-8,10H,9H2,1H3,(H,17,21). The normalized spacial score (nSPS) is 11.9. The first-order valence-corrected chi connectivity index (χ1v) is 7.46. The molecule has 128 valence electrons. The average molecular weight is 342 g/mol.